The Hall–Kier alpha value is -2.86. The van der Waals surface area contributed by atoms with Crippen molar-refractivity contribution in [1.82, 2.24) is 19.6 Å². The van der Waals surface area contributed by atoms with Gasteiger partial charge in [-0.3, -0.25) is 4.79 Å². The van der Waals surface area contributed by atoms with E-state index in [1.54, 1.807) is 61.7 Å². The number of sulfonamides is 1. The maximum Gasteiger partial charge on any atom is 0.250 e. The fourth-order valence-electron chi connectivity index (χ4n) is 3.16. The van der Waals surface area contributed by atoms with Crippen LogP contribution in [0.2, 0.25) is 0 Å². The monoisotopic (exact) mass is 670 g/mol. The number of hydrogen-bond acceptors (Lipinski definition) is 8. The van der Waals surface area contributed by atoms with Crippen molar-refractivity contribution in [3.63, 3.8) is 0 Å². The largest absolute Gasteiger partial charge is 0.473 e. The molecule has 3 aromatic heterocycles. The summed E-state index contributed by atoms with van der Waals surface area (Å²) in [6.45, 7) is 11.4. The van der Waals surface area contributed by atoms with Gasteiger partial charge in [0.05, 0.1) is 22.0 Å². The van der Waals surface area contributed by atoms with Gasteiger partial charge in [-0.2, -0.15) is 0 Å². The number of hydrogen-bond donors (Lipinski definition) is 1. The van der Waals surface area contributed by atoms with Crippen LogP contribution in [-0.4, -0.2) is 55.4 Å². The molecule has 0 bridgehead atoms. The van der Waals surface area contributed by atoms with Crippen molar-refractivity contribution in [2.45, 2.75) is 95.0 Å². The number of ether oxygens (including phenoxy) is 1. The van der Waals surface area contributed by atoms with Crippen LogP contribution in [0.3, 0.4) is 0 Å². The summed E-state index contributed by atoms with van der Waals surface area (Å²) in [5.74, 6) is 0.922. The van der Waals surface area contributed by atoms with Crippen LogP contribution in [-0.2, 0) is 14.8 Å². The molecule has 4 rings (SSSR count). The summed E-state index contributed by atoms with van der Waals surface area (Å²) in [5, 5.41) is 3.78. The zero-order valence-corrected chi connectivity index (χ0v) is 26.2. The Morgan fingerprint density at radius 3 is 1.70 bits per heavy atom. The standard InChI is InChI=1S/C15H14N2OS.C7H11NO2S2.C6H13NO.5CH4/c1-10(2)18-15-14(13-8-5-9-19-13)16-11-6-3-4-7-12(11)17-15;1-6(2)8-12(9,10)7-4-3-5-11-7;1-5(2)6(8)7(3)4;;;;;/h3-10H,1-2H3;3-6,8H,1-2H3;5H,1-4H3;5*1H4. The minimum absolute atomic E-state index is 0. The quantitative estimate of drug-likeness (QED) is 0.210. The van der Waals surface area contributed by atoms with E-state index in [9.17, 15) is 13.2 Å². The molecule has 8 nitrogen and oxygen atoms in total. The third-order valence-electron chi connectivity index (χ3n) is 4.73. The van der Waals surface area contributed by atoms with E-state index in [2.05, 4.69) is 9.71 Å². The predicted molar refractivity (Wildman–Crippen MR) is 196 cm³/mol. The predicted octanol–water partition coefficient (Wildman–Crippen LogP) is 9.49. The highest BCUT2D eigenvalue weighted by atomic mass is 32.2. The molecule has 3 heterocycles. The van der Waals surface area contributed by atoms with E-state index in [0.29, 0.717) is 10.1 Å². The Kier molecular flexibility index (Phi) is 24.7. The summed E-state index contributed by atoms with van der Waals surface area (Å²) in [5.41, 5.74) is 2.57. The molecule has 0 aliphatic heterocycles. The molecule has 0 saturated heterocycles. The van der Waals surface area contributed by atoms with Crippen LogP contribution in [0.1, 0.15) is 78.7 Å². The SMILES string of the molecule is C.C.C.C.C.CC(C)C(=O)N(C)C.CC(C)NS(=O)(=O)c1cccs1.CC(C)Oc1nc2ccccc2nc1-c1cccs1. The lowest BCUT2D eigenvalue weighted by Gasteiger charge is -2.12. The lowest BCUT2D eigenvalue weighted by Crippen LogP contribution is -2.29. The molecule has 4 aromatic rings. The van der Waals surface area contributed by atoms with Gasteiger partial charge >= 0.3 is 0 Å². The van der Waals surface area contributed by atoms with E-state index in [1.807, 2.05) is 69.5 Å². The van der Waals surface area contributed by atoms with Gasteiger partial charge in [0.25, 0.3) is 0 Å². The molecule has 0 aliphatic rings. The van der Waals surface area contributed by atoms with Crippen LogP contribution in [0.4, 0.5) is 0 Å². The smallest absolute Gasteiger partial charge is 0.250 e. The highest BCUT2D eigenvalue weighted by Gasteiger charge is 2.16. The van der Waals surface area contributed by atoms with Crippen molar-refractivity contribution >= 4 is 49.6 Å². The average molecular weight is 671 g/mol. The highest BCUT2D eigenvalue weighted by Crippen LogP contribution is 2.32. The summed E-state index contributed by atoms with van der Waals surface area (Å²) in [6, 6.07) is 15.2. The third-order valence-corrected chi connectivity index (χ3v) is 8.66. The first kappa shape index (κ1) is 48.1. The fraction of sp³-hybridized carbons (Fsp3) is 0.485. The molecule has 0 spiro atoms. The number of fused-ring (bicyclic) bond motifs is 1. The number of benzene rings is 1. The first-order valence-electron chi connectivity index (χ1n) is 12.6. The minimum atomic E-state index is -3.25. The molecule has 0 atom stereocenters. The minimum Gasteiger partial charge on any atom is -0.473 e. The number of para-hydroxylation sites is 2. The molecule has 252 valence electrons. The summed E-state index contributed by atoms with van der Waals surface area (Å²) in [4.78, 5) is 22.7. The summed E-state index contributed by atoms with van der Waals surface area (Å²) < 4.78 is 31.5. The van der Waals surface area contributed by atoms with Gasteiger partial charge in [-0.25, -0.2) is 23.1 Å². The Balaban J connectivity index is -0.000000282. The summed E-state index contributed by atoms with van der Waals surface area (Å²) in [7, 11) is 0.285. The normalized spacial score (nSPS) is 9.89. The second-order valence-electron chi connectivity index (χ2n) is 9.61. The zero-order valence-electron chi connectivity index (χ0n) is 23.7. The van der Waals surface area contributed by atoms with Gasteiger partial charge in [0.1, 0.15) is 9.90 Å². The third kappa shape index (κ3) is 15.2. The number of amides is 1. The van der Waals surface area contributed by atoms with Gasteiger partial charge in [-0.1, -0.05) is 75.2 Å². The van der Waals surface area contributed by atoms with Crippen LogP contribution in [0, 0.1) is 5.92 Å². The molecule has 44 heavy (non-hydrogen) atoms. The van der Waals surface area contributed by atoms with E-state index in [4.69, 9.17) is 9.72 Å². The molecule has 11 heteroatoms. The van der Waals surface area contributed by atoms with Gasteiger partial charge in [0.2, 0.25) is 21.8 Å². The topological polar surface area (TPSA) is 101 Å². The first-order valence-corrected chi connectivity index (χ1v) is 15.8. The van der Waals surface area contributed by atoms with E-state index in [0.717, 1.165) is 21.6 Å². The van der Waals surface area contributed by atoms with E-state index in [1.165, 1.54) is 11.3 Å². The Morgan fingerprint density at radius 2 is 1.32 bits per heavy atom. The van der Waals surface area contributed by atoms with Crippen molar-refractivity contribution in [1.29, 1.82) is 0 Å². The molecule has 1 amide bonds. The van der Waals surface area contributed by atoms with Crippen molar-refractivity contribution in [3.8, 4) is 16.5 Å². The fourth-order valence-corrected chi connectivity index (χ4v) is 6.13. The van der Waals surface area contributed by atoms with E-state index in [-0.39, 0.29) is 61.1 Å². The van der Waals surface area contributed by atoms with Crippen LogP contribution < -0.4 is 9.46 Å². The number of rotatable bonds is 7. The van der Waals surface area contributed by atoms with Crippen LogP contribution in [0.15, 0.2) is 63.5 Å². The molecule has 0 saturated carbocycles. The highest BCUT2D eigenvalue weighted by molar-refractivity contribution is 7.91. The molecule has 0 radical (unpaired) electrons. The molecule has 0 aliphatic carbocycles. The molecular weight excluding hydrogens is 613 g/mol. The van der Waals surface area contributed by atoms with Crippen molar-refractivity contribution in [2.24, 2.45) is 5.92 Å². The Labute approximate surface area is 277 Å². The Bertz CT molecular complexity index is 1390. The molecule has 0 unspecified atom stereocenters. The Morgan fingerprint density at radius 1 is 0.795 bits per heavy atom. The van der Waals surface area contributed by atoms with E-state index >= 15 is 0 Å². The number of nitrogens with one attached hydrogen (secondary N) is 1. The van der Waals surface area contributed by atoms with Crippen LogP contribution in [0.5, 0.6) is 5.88 Å². The van der Waals surface area contributed by atoms with Crippen molar-refractivity contribution < 1.29 is 17.9 Å². The molecule has 0 fully saturated rings. The van der Waals surface area contributed by atoms with Crippen molar-refractivity contribution in [3.05, 3.63) is 59.3 Å². The average Bonchev–Trinajstić information content (AvgIpc) is 3.58. The van der Waals surface area contributed by atoms with Gasteiger partial charge in [-0.05, 0) is 62.7 Å². The number of thiophene rings is 2. The molecular formula is C33H58N4O4S3. The van der Waals surface area contributed by atoms with Gasteiger partial charge in [-0.15, -0.1) is 22.7 Å². The van der Waals surface area contributed by atoms with Crippen LogP contribution >= 0.6 is 22.7 Å². The van der Waals surface area contributed by atoms with Crippen molar-refractivity contribution in [2.75, 3.05) is 14.1 Å². The first-order chi connectivity index (χ1) is 18.3. The second kappa shape index (κ2) is 22.6. The van der Waals surface area contributed by atoms with E-state index < -0.39 is 10.0 Å². The molecule has 1 aromatic carbocycles. The second-order valence-corrected chi connectivity index (χ2v) is 13.4. The van der Waals surface area contributed by atoms with Gasteiger partial charge in [0.15, 0.2) is 0 Å². The summed E-state index contributed by atoms with van der Waals surface area (Å²) >= 11 is 2.86. The lowest BCUT2D eigenvalue weighted by molar-refractivity contribution is -0.131. The number of carbonyl (C=O) groups excluding carboxylic acids is 1. The maximum absolute atomic E-state index is 11.4. The zero-order chi connectivity index (χ0) is 29.2. The molecule has 1 N–H and O–H groups in total. The van der Waals surface area contributed by atoms with Crippen LogP contribution in [0.25, 0.3) is 21.6 Å². The van der Waals surface area contributed by atoms with Gasteiger partial charge < -0.3 is 9.64 Å². The number of carbonyl (C=O) groups is 1. The lowest BCUT2D eigenvalue weighted by atomic mass is 10.2. The summed E-state index contributed by atoms with van der Waals surface area (Å²) in [6.07, 6.45) is 0.0779. The van der Waals surface area contributed by atoms with Gasteiger partial charge in [0, 0.05) is 26.1 Å². The number of nitrogens with zero attached hydrogens (tertiary/aromatic N) is 3. The number of aromatic nitrogens is 2. The maximum atomic E-state index is 11.4.